The first-order valence-electron chi connectivity index (χ1n) is 5.25. The summed E-state index contributed by atoms with van der Waals surface area (Å²) in [7, 11) is 0. The lowest BCUT2D eigenvalue weighted by Crippen LogP contribution is -2.12. The van der Waals surface area contributed by atoms with E-state index >= 15 is 0 Å². The fourth-order valence-corrected chi connectivity index (χ4v) is 1.52. The quantitative estimate of drug-likeness (QED) is 0.870. The van der Waals surface area contributed by atoms with Gasteiger partial charge in [-0.15, -0.1) is 0 Å². The Bertz CT molecular complexity index is 547. The van der Waals surface area contributed by atoms with E-state index < -0.39 is 5.91 Å². The van der Waals surface area contributed by atoms with Gasteiger partial charge in [0.1, 0.15) is 0 Å². The molecule has 2 rings (SSSR count). The number of amides is 1. The molecule has 0 radical (unpaired) electrons. The van der Waals surface area contributed by atoms with Crippen LogP contribution >= 0.6 is 0 Å². The lowest BCUT2D eigenvalue weighted by Gasteiger charge is -2.00. The van der Waals surface area contributed by atoms with Crippen LogP contribution in [0.5, 0.6) is 0 Å². The Morgan fingerprint density at radius 2 is 1.82 bits per heavy atom. The molecule has 3 heteroatoms. The molecule has 0 bridgehead atoms. The lowest BCUT2D eigenvalue weighted by atomic mass is 10.1. The number of nitrogens with zero attached hydrogens (tertiary/aromatic N) is 1. The highest BCUT2D eigenvalue weighted by molar-refractivity contribution is 5.97. The number of aromatic nitrogens is 1. The minimum atomic E-state index is -0.425. The zero-order valence-electron chi connectivity index (χ0n) is 9.21. The third-order valence-corrected chi connectivity index (χ3v) is 2.35. The van der Waals surface area contributed by atoms with Crippen LogP contribution in [0.15, 0.2) is 48.7 Å². The van der Waals surface area contributed by atoms with E-state index in [-0.39, 0.29) is 0 Å². The van der Waals surface area contributed by atoms with Crippen LogP contribution in [0.4, 0.5) is 0 Å². The maximum absolute atomic E-state index is 11.2. The highest BCUT2D eigenvalue weighted by atomic mass is 16.1. The molecule has 0 saturated heterocycles. The van der Waals surface area contributed by atoms with Gasteiger partial charge in [-0.3, -0.25) is 9.78 Å². The fourth-order valence-electron chi connectivity index (χ4n) is 1.52. The second-order valence-corrected chi connectivity index (χ2v) is 3.54. The van der Waals surface area contributed by atoms with Crippen LogP contribution in [-0.2, 0) is 0 Å². The van der Waals surface area contributed by atoms with Gasteiger partial charge in [-0.2, -0.15) is 0 Å². The number of nitrogens with two attached hydrogens (primary N) is 1. The molecule has 0 spiro atoms. The number of carbonyl (C=O) groups excluding carboxylic acids is 1. The summed E-state index contributed by atoms with van der Waals surface area (Å²) in [4.78, 5) is 15.4. The summed E-state index contributed by atoms with van der Waals surface area (Å²) in [5.74, 6) is -0.425. The van der Waals surface area contributed by atoms with E-state index in [0.717, 1.165) is 11.3 Å². The molecule has 1 aromatic heterocycles. The maximum atomic E-state index is 11.2. The van der Waals surface area contributed by atoms with Crippen molar-refractivity contribution in [3.05, 3.63) is 65.5 Å². The van der Waals surface area contributed by atoms with E-state index in [1.807, 2.05) is 42.5 Å². The van der Waals surface area contributed by atoms with Crippen molar-refractivity contribution in [2.24, 2.45) is 5.73 Å². The molecule has 84 valence electrons. The Morgan fingerprint density at radius 3 is 2.53 bits per heavy atom. The average molecular weight is 224 g/mol. The summed E-state index contributed by atoms with van der Waals surface area (Å²) in [6.45, 7) is 0. The van der Waals surface area contributed by atoms with E-state index in [9.17, 15) is 4.79 Å². The predicted molar refractivity (Wildman–Crippen MR) is 68.1 cm³/mol. The second kappa shape index (κ2) is 5.07. The number of benzene rings is 1. The maximum Gasteiger partial charge on any atom is 0.249 e. The van der Waals surface area contributed by atoms with Gasteiger partial charge >= 0.3 is 0 Å². The van der Waals surface area contributed by atoms with Gasteiger partial charge in [-0.25, -0.2) is 0 Å². The van der Waals surface area contributed by atoms with Crippen molar-refractivity contribution in [1.82, 2.24) is 4.98 Å². The Hall–Kier alpha value is -2.42. The fraction of sp³-hybridized carbons (Fsp3) is 0. The summed E-state index contributed by atoms with van der Waals surface area (Å²) in [6.07, 6.45) is 5.41. The molecule has 1 aromatic carbocycles. The van der Waals surface area contributed by atoms with Crippen LogP contribution in [0.25, 0.3) is 12.2 Å². The summed E-state index contributed by atoms with van der Waals surface area (Å²) in [6, 6.07) is 12.9. The van der Waals surface area contributed by atoms with Crippen LogP contribution in [0.3, 0.4) is 0 Å². The van der Waals surface area contributed by atoms with Crippen molar-refractivity contribution in [2.75, 3.05) is 0 Å². The van der Waals surface area contributed by atoms with Gasteiger partial charge in [0.15, 0.2) is 0 Å². The third-order valence-electron chi connectivity index (χ3n) is 2.35. The van der Waals surface area contributed by atoms with Crippen molar-refractivity contribution < 1.29 is 4.79 Å². The molecule has 0 unspecified atom stereocenters. The van der Waals surface area contributed by atoms with Gasteiger partial charge in [-0.1, -0.05) is 30.3 Å². The summed E-state index contributed by atoms with van der Waals surface area (Å²) < 4.78 is 0. The summed E-state index contributed by atoms with van der Waals surface area (Å²) >= 11 is 0. The molecule has 3 nitrogen and oxygen atoms in total. The molecular formula is C14H12N2O. The monoisotopic (exact) mass is 224 g/mol. The molecular weight excluding hydrogens is 212 g/mol. The first kappa shape index (κ1) is 11.1. The van der Waals surface area contributed by atoms with E-state index in [1.165, 1.54) is 0 Å². The number of primary amides is 1. The Kier molecular flexibility index (Phi) is 3.31. The van der Waals surface area contributed by atoms with E-state index in [1.54, 1.807) is 18.3 Å². The third kappa shape index (κ3) is 2.78. The second-order valence-electron chi connectivity index (χ2n) is 3.54. The molecule has 1 heterocycles. The normalized spacial score (nSPS) is 10.6. The minimum absolute atomic E-state index is 0.425. The first-order chi connectivity index (χ1) is 8.27. The topological polar surface area (TPSA) is 56.0 Å². The highest BCUT2D eigenvalue weighted by Gasteiger charge is 2.03. The number of hydrogen-bond acceptors (Lipinski definition) is 2. The highest BCUT2D eigenvalue weighted by Crippen LogP contribution is 2.11. The molecule has 0 aliphatic rings. The van der Waals surface area contributed by atoms with E-state index in [2.05, 4.69) is 4.98 Å². The Labute approximate surface area is 99.6 Å². The van der Waals surface area contributed by atoms with Crippen molar-refractivity contribution in [1.29, 1.82) is 0 Å². The molecule has 0 aliphatic heterocycles. The molecule has 2 N–H and O–H groups in total. The molecule has 1 amide bonds. The van der Waals surface area contributed by atoms with Crippen molar-refractivity contribution in [3.8, 4) is 0 Å². The molecule has 0 fully saturated rings. The smallest absolute Gasteiger partial charge is 0.249 e. The Balaban J connectivity index is 2.30. The molecule has 2 aromatic rings. The van der Waals surface area contributed by atoms with Crippen molar-refractivity contribution in [2.45, 2.75) is 0 Å². The number of carbonyl (C=O) groups is 1. The van der Waals surface area contributed by atoms with Crippen LogP contribution in [0.1, 0.15) is 21.6 Å². The van der Waals surface area contributed by atoms with Gasteiger partial charge in [-0.05, 0) is 29.8 Å². The van der Waals surface area contributed by atoms with Gasteiger partial charge in [0.05, 0.1) is 5.69 Å². The van der Waals surface area contributed by atoms with Crippen LogP contribution in [0.2, 0.25) is 0 Å². The van der Waals surface area contributed by atoms with Gasteiger partial charge in [0.25, 0.3) is 0 Å². The summed E-state index contributed by atoms with van der Waals surface area (Å²) in [5, 5.41) is 0. The van der Waals surface area contributed by atoms with Crippen LogP contribution < -0.4 is 5.73 Å². The zero-order chi connectivity index (χ0) is 12.1. The van der Waals surface area contributed by atoms with Gasteiger partial charge < -0.3 is 5.73 Å². The van der Waals surface area contributed by atoms with Crippen molar-refractivity contribution >= 4 is 18.1 Å². The molecule has 0 atom stereocenters. The van der Waals surface area contributed by atoms with Gasteiger partial charge in [0.2, 0.25) is 5.91 Å². The number of hydrogen-bond donors (Lipinski definition) is 1. The molecule has 0 aliphatic carbocycles. The standard InChI is InChI=1S/C14H12N2O/c15-14(17)13-7-2-1-5-11(13)8-9-12-6-3-4-10-16-12/h1-10H,(H2,15,17). The molecule has 0 saturated carbocycles. The average Bonchev–Trinajstić information content (AvgIpc) is 2.38. The number of rotatable bonds is 3. The molecule has 17 heavy (non-hydrogen) atoms. The minimum Gasteiger partial charge on any atom is -0.366 e. The summed E-state index contributed by atoms with van der Waals surface area (Å²) in [5.41, 5.74) is 7.45. The van der Waals surface area contributed by atoms with Crippen LogP contribution in [-0.4, -0.2) is 10.9 Å². The largest absolute Gasteiger partial charge is 0.366 e. The van der Waals surface area contributed by atoms with Crippen LogP contribution in [0, 0.1) is 0 Å². The van der Waals surface area contributed by atoms with E-state index in [4.69, 9.17) is 5.73 Å². The zero-order valence-corrected chi connectivity index (χ0v) is 9.21. The van der Waals surface area contributed by atoms with Gasteiger partial charge in [0, 0.05) is 11.8 Å². The SMILES string of the molecule is NC(=O)c1ccccc1C=Cc1ccccn1. The van der Waals surface area contributed by atoms with E-state index in [0.29, 0.717) is 5.56 Å². The van der Waals surface area contributed by atoms with Crippen molar-refractivity contribution in [3.63, 3.8) is 0 Å². The lowest BCUT2D eigenvalue weighted by molar-refractivity contribution is 0.1000. The predicted octanol–water partition coefficient (Wildman–Crippen LogP) is 2.35. The first-order valence-corrected chi connectivity index (χ1v) is 5.25. The number of pyridine rings is 1. The Morgan fingerprint density at radius 1 is 1.06 bits per heavy atom.